The number of aryl methyl sites for hydroxylation is 2. The summed E-state index contributed by atoms with van der Waals surface area (Å²) in [6, 6.07) is 2.45. The smallest absolute Gasteiger partial charge is 0.271 e. The Hall–Kier alpha value is -2.53. The molecule has 0 aliphatic rings. The monoisotopic (exact) mass is 340 g/mol. The molecule has 2 aromatic heterocycles. The van der Waals surface area contributed by atoms with Gasteiger partial charge in [-0.15, -0.1) is 0 Å². The summed E-state index contributed by atoms with van der Waals surface area (Å²) in [5.41, 5.74) is 0.432. The number of carbonyl (C=O) groups excluding carboxylic acids is 1. The number of nitrogens with zero attached hydrogens (tertiary/aromatic N) is 2. The van der Waals surface area contributed by atoms with Crippen LogP contribution >= 0.6 is 0 Å². The molecule has 0 unspecified atom stereocenters. The summed E-state index contributed by atoms with van der Waals surface area (Å²) in [5.74, 6) is -0.517. The van der Waals surface area contributed by atoms with Crippen molar-refractivity contribution in [3.05, 3.63) is 39.6 Å². The van der Waals surface area contributed by atoms with Crippen LogP contribution in [0.3, 0.4) is 0 Å². The van der Waals surface area contributed by atoms with E-state index in [-0.39, 0.29) is 23.7 Å². The van der Waals surface area contributed by atoms with Gasteiger partial charge in [-0.3, -0.25) is 14.7 Å². The van der Waals surface area contributed by atoms with Crippen molar-refractivity contribution in [2.24, 2.45) is 0 Å². The van der Waals surface area contributed by atoms with Crippen molar-refractivity contribution >= 4 is 15.9 Å². The Morgan fingerprint density at radius 2 is 1.91 bits per heavy atom. The van der Waals surface area contributed by atoms with Gasteiger partial charge in [0.1, 0.15) is 10.6 Å². The average Bonchev–Trinajstić information content (AvgIpc) is 2.84. The van der Waals surface area contributed by atoms with Crippen LogP contribution in [-0.2, 0) is 10.0 Å². The third kappa shape index (κ3) is 4.02. The molecule has 10 nitrogen and oxygen atoms in total. The van der Waals surface area contributed by atoms with E-state index in [1.165, 1.54) is 12.1 Å². The van der Waals surface area contributed by atoms with Gasteiger partial charge in [-0.2, -0.15) is 10.2 Å². The first-order valence-electron chi connectivity index (χ1n) is 6.66. The largest absolute Gasteiger partial charge is 0.349 e. The maximum atomic E-state index is 12.2. The summed E-state index contributed by atoms with van der Waals surface area (Å²) in [4.78, 5) is 22.7. The third-order valence-electron chi connectivity index (χ3n) is 2.94. The van der Waals surface area contributed by atoms with Crippen molar-refractivity contribution in [2.45, 2.75) is 18.7 Å². The van der Waals surface area contributed by atoms with Crippen molar-refractivity contribution in [1.29, 1.82) is 0 Å². The minimum Gasteiger partial charge on any atom is -0.349 e. The number of hydrogen-bond acceptors (Lipinski definition) is 6. The van der Waals surface area contributed by atoms with Gasteiger partial charge in [0.2, 0.25) is 10.0 Å². The van der Waals surface area contributed by atoms with E-state index >= 15 is 0 Å². The minimum absolute atomic E-state index is 0.00147. The van der Waals surface area contributed by atoms with E-state index in [4.69, 9.17) is 0 Å². The average molecular weight is 340 g/mol. The first kappa shape index (κ1) is 16.8. The predicted molar refractivity (Wildman–Crippen MR) is 80.4 cm³/mol. The van der Waals surface area contributed by atoms with Crippen LogP contribution in [0.4, 0.5) is 0 Å². The first-order valence-corrected chi connectivity index (χ1v) is 8.15. The highest BCUT2D eigenvalue weighted by atomic mass is 32.2. The van der Waals surface area contributed by atoms with Gasteiger partial charge in [-0.1, -0.05) is 0 Å². The molecular formula is C12H16N6O4S. The molecule has 0 bridgehead atoms. The summed E-state index contributed by atoms with van der Waals surface area (Å²) in [6.07, 6.45) is 0. The van der Waals surface area contributed by atoms with Crippen LogP contribution in [-0.4, -0.2) is 47.8 Å². The minimum atomic E-state index is -3.70. The highest BCUT2D eigenvalue weighted by Gasteiger charge is 2.21. The number of nitrogens with one attached hydrogen (secondary N) is 4. The predicted octanol–water partition coefficient (Wildman–Crippen LogP) is -1.18. The quantitative estimate of drug-likeness (QED) is 0.486. The van der Waals surface area contributed by atoms with E-state index in [2.05, 4.69) is 30.4 Å². The van der Waals surface area contributed by atoms with Crippen LogP contribution in [0, 0.1) is 13.8 Å². The number of hydrogen-bond donors (Lipinski definition) is 4. The van der Waals surface area contributed by atoms with Gasteiger partial charge in [0, 0.05) is 19.2 Å². The molecule has 0 radical (unpaired) electrons. The number of rotatable bonds is 6. The van der Waals surface area contributed by atoms with Gasteiger partial charge < -0.3 is 5.32 Å². The Bertz CT molecular complexity index is 830. The lowest BCUT2D eigenvalue weighted by atomic mass is 10.3. The normalized spacial score (nSPS) is 11.4. The van der Waals surface area contributed by atoms with Gasteiger partial charge in [0.05, 0.1) is 11.4 Å². The Morgan fingerprint density at radius 3 is 2.48 bits per heavy atom. The lowest BCUT2D eigenvalue weighted by Crippen LogP contribution is -2.35. The molecule has 2 rings (SSSR count). The highest BCUT2D eigenvalue weighted by Crippen LogP contribution is 2.15. The SMILES string of the molecule is Cc1n[nH]c(C)c1S(=O)(=O)NCCNC(=O)c1ccc(=O)[nH]n1. The zero-order chi connectivity index (χ0) is 17.0. The lowest BCUT2D eigenvalue weighted by molar-refractivity contribution is 0.0948. The van der Waals surface area contributed by atoms with E-state index in [9.17, 15) is 18.0 Å². The second-order valence-corrected chi connectivity index (χ2v) is 6.43. The second-order valence-electron chi connectivity index (χ2n) is 4.72. The van der Waals surface area contributed by atoms with Crippen molar-refractivity contribution in [1.82, 2.24) is 30.4 Å². The van der Waals surface area contributed by atoms with Crippen molar-refractivity contribution in [3.63, 3.8) is 0 Å². The summed E-state index contributed by atoms with van der Waals surface area (Å²) in [7, 11) is -3.70. The molecule has 0 fully saturated rings. The fraction of sp³-hybridized carbons (Fsp3) is 0.333. The van der Waals surface area contributed by atoms with E-state index in [0.717, 1.165) is 0 Å². The Balaban J connectivity index is 1.89. The zero-order valence-electron chi connectivity index (χ0n) is 12.5. The number of aromatic amines is 2. The van der Waals surface area contributed by atoms with Crippen LogP contribution in [0.2, 0.25) is 0 Å². The fourth-order valence-corrected chi connectivity index (χ4v) is 3.33. The molecule has 0 saturated heterocycles. The lowest BCUT2D eigenvalue weighted by Gasteiger charge is -2.08. The van der Waals surface area contributed by atoms with Gasteiger partial charge >= 0.3 is 0 Å². The molecule has 2 heterocycles. The summed E-state index contributed by atoms with van der Waals surface area (Å²) in [5, 5.41) is 14.6. The molecule has 4 N–H and O–H groups in total. The van der Waals surface area contributed by atoms with Crippen molar-refractivity contribution in [2.75, 3.05) is 13.1 Å². The maximum Gasteiger partial charge on any atom is 0.271 e. The summed E-state index contributed by atoms with van der Waals surface area (Å²) >= 11 is 0. The first-order chi connectivity index (χ1) is 10.8. The molecule has 11 heteroatoms. The molecule has 0 aliphatic heterocycles. The Kier molecular flexibility index (Phi) is 4.91. The van der Waals surface area contributed by atoms with Crippen molar-refractivity contribution in [3.8, 4) is 0 Å². The van der Waals surface area contributed by atoms with E-state index < -0.39 is 21.5 Å². The molecule has 0 aromatic carbocycles. The molecule has 0 aliphatic carbocycles. The number of amides is 1. The summed E-state index contributed by atoms with van der Waals surface area (Å²) in [6.45, 7) is 3.26. The number of aromatic nitrogens is 4. The number of H-pyrrole nitrogens is 2. The third-order valence-corrected chi connectivity index (χ3v) is 4.67. The summed E-state index contributed by atoms with van der Waals surface area (Å²) < 4.78 is 26.7. The van der Waals surface area contributed by atoms with E-state index in [0.29, 0.717) is 11.4 Å². The molecule has 23 heavy (non-hydrogen) atoms. The number of carbonyl (C=O) groups is 1. The Morgan fingerprint density at radius 1 is 1.17 bits per heavy atom. The highest BCUT2D eigenvalue weighted by molar-refractivity contribution is 7.89. The van der Waals surface area contributed by atoms with Crippen LogP contribution in [0.1, 0.15) is 21.9 Å². The topological polar surface area (TPSA) is 150 Å². The Labute approximate surface area is 131 Å². The van der Waals surface area contributed by atoms with Crippen LogP contribution in [0.5, 0.6) is 0 Å². The fourth-order valence-electron chi connectivity index (χ4n) is 1.93. The molecular weight excluding hydrogens is 324 g/mol. The van der Waals surface area contributed by atoms with Crippen LogP contribution in [0.15, 0.2) is 21.8 Å². The molecule has 1 amide bonds. The van der Waals surface area contributed by atoms with Gasteiger partial charge in [0.15, 0.2) is 0 Å². The maximum absolute atomic E-state index is 12.2. The molecule has 2 aromatic rings. The van der Waals surface area contributed by atoms with E-state index in [1.807, 2.05) is 0 Å². The van der Waals surface area contributed by atoms with Crippen molar-refractivity contribution < 1.29 is 13.2 Å². The van der Waals surface area contributed by atoms with Gasteiger partial charge in [-0.05, 0) is 19.9 Å². The standard InChI is InChI=1S/C12H16N6O4S/c1-7-11(8(2)16-15-7)23(21,22)14-6-5-13-12(20)9-3-4-10(19)18-17-9/h3-4,14H,5-6H2,1-2H3,(H,13,20)(H,15,16)(H,18,19). The molecule has 124 valence electrons. The van der Waals surface area contributed by atoms with Gasteiger partial charge in [-0.25, -0.2) is 18.2 Å². The molecule has 0 saturated carbocycles. The number of sulfonamides is 1. The zero-order valence-corrected chi connectivity index (χ0v) is 13.3. The van der Waals surface area contributed by atoms with Crippen LogP contribution < -0.4 is 15.6 Å². The van der Waals surface area contributed by atoms with E-state index in [1.54, 1.807) is 13.8 Å². The molecule has 0 spiro atoms. The molecule has 0 atom stereocenters. The van der Waals surface area contributed by atoms with Crippen LogP contribution in [0.25, 0.3) is 0 Å². The van der Waals surface area contributed by atoms with Gasteiger partial charge in [0.25, 0.3) is 11.5 Å². The second kappa shape index (κ2) is 6.71.